The van der Waals surface area contributed by atoms with Gasteiger partial charge < -0.3 is 4.74 Å². The van der Waals surface area contributed by atoms with E-state index < -0.39 is 0 Å². The van der Waals surface area contributed by atoms with E-state index >= 15 is 0 Å². The predicted molar refractivity (Wildman–Crippen MR) is 73.5 cm³/mol. The van der Waals surface area contributed by atoms with Crippen molar-refractivity contribution in [3.63, 3.8) is 0 Å². The van der Waals surface area contributed by atoms with Crippen LogP contribution in [0.4, 0.5) is 0 Å². The maximum Gasteiger partial charge on any atom is 0.144 e. The smallest absolute Gasteiger partial charge is 0.144 e. The summed E-state index contributed by atoms with van der Waals surface area (Å²) < 4.78 is 6.38. The number of ether oxygens (including phenoxy) is 1. The maximum absolute atomic E-state index is 11.9. The average Bonchev–Trinajstić information content (AvgIpc) is 2.40. The van der Waals surface area contributed by atoms with E-state index in [0.29, 0.717) is 18.3 Å². The molecule has 0 N–H and O–H groups in total. The summed E-state index contributed by atoms with van der Waals surface area (Å²) in [4.78, 5) is 11.9. The van der Waals surface area contributed by atoms with Crippen LogP contribution in [0.5, 0.6) is 0 Å². The molecule has 3 unspecified atom stereocenters. The van der Waals surface area contributed by atoms with E-state index in [1.807, 2.05) is 0 Å². The zero-order valence-corrected chi connectivity index (χ0v) is 12.2. The van der Waals surface area contributed by atoms with Gasteiger partial charge in [0.15, 0.2) is 0 Å². The van der Waals surface area contributed by atoms with Crippen molar-refractivity contribution in [1.29, 1.82) is 0 Å². The lowest BCUT2D eigenvalue weighted by atomic mass is 9.61. The van der Waals surface area contributed by atoms with Gasteiger partial charge >= 0.3 is 0 Å². The molecule has 18 heavy (non-hydrogen) atoms. The Hall–Kier alpha value is -0.370. The molecule has 2 saturated carbocycles. The van der Waals surface area contributed by atoms with Gasteiger partial charge in [0.05, 0.1) is 17.6 Å². The van der Waals surface area contributed by atoms with Crippen molar-refractivity contribution >= 4 is 5.78 Å². The molecule has 0 spiro atoms. The molecule has 2 fully saturated rings. The van der Waals surface area contributed by atoms with Gasteiger partial charge in [0.25, 0.3) is 0 Å². The maximum atomic E-state index is 11.9. The molecule has 2 rings (SSSR count). The molecular formula is C16H28O2. The third-order valence-electron chi connectivity index (χ3n) is 5.51. The highest BCUT2D eigenvalue weighted by molar-refractivity contribution is 5.92. The van der Waals surface area contributed by atoms with Crippen LogP contribution in [0.15, 0.2) is 0 Å². The van der Waals surface area contributed by atoms with E-state index in [2.05, 4.69) is 20.8 Å². The Morgan fingerprint density at radius 1 is 1.17 bits per heavy atom. The Kier molecular flexibility index (Phi) is 4.47. The van der Waals surface area contributed by atoms with Crippen molar-refractivity contribution in [2.45, 2.75) is 84.3 Å². The second-order valence-corrected chi connectivity index (χ2v) is 6.11. The fourth-order valence-corrected chi connectivity index (χ4v) is 3.92. The molecule has 0 radical (unpaired) electrons. The normalized spacial score (nSPS) is 35.3. The molecule has 0 heterocycles. The summed E-state index contributed by atoms with van der Waals surface area (Å²) in [7, 11) is 0. The zero-order valence-electron chi connectivity index (χ0n) is 12.2. The van der Waals surface area contributed by atoms with Crippen LogP contribution in [0, 0.1) is 11.3 Å². The van der Waals surface area contributed by atoms with Gasteiger partial charge in [-0.25, -0.2) is 0 Å². The fourth-order valence-electron chi connectivity index (χ4n) is 3.92. The number of Topliss-reactive ketones (excluding diaryl/α,β-unsaturated/α-hetero) is 1. The van der Waals surface area contributed by atoms with Crippen LogP contribution in [-0.2, 0) is 9.53 Å². The van der Waals surface area contributed by atoms with Crippen molar-refractivity contribution in [3.8, 4) is 0 Å². The number of ketones is 1. The minimum absolute atomic E-state index is 0.143. The standard InChI is InChI=1S/C16H28O2/c1-4-12-9-7-8-10-13(12)18-15-11-14(17)16(15,5-2)6-3/h12-13,15H,4-11H2,1-3H3. The predicted octanol–water partition coefficient (Wildman–Crippen LogP) is 4.12. The molecule has 0 aromatic heterocycles. The molecule has 104 valence electrons. The number of carbonyl (C=O) groups excluding carboxylic acids is 1. The van der Waals surface area contributed by atoms with Gasteiger partial charge in [0, 0.05) is 6.42 Å². The first-order chi connectivity index (χ1) is 8.67. The molecule has 0 aromatic rings. The number of rotatable bonds is 5. The van der Waals surface area contributed by atoms with Gasteiger partial charge in [-0.1, -0.05) is 40.0 Å². The third kappa shape index (κ3) is 2.24. The summed E-state index contributed by atoms with van der Waals surface area (Å²) in [6, 6.07) is 0. The topological polar surface area (TPSA) is 26.3 Å². The molecule has 2 aliphatic rings. The Balaban J connectivity index is 1.98. The minimum Gasteiger partial charge on any atom is -0.373 e. The van der Waals surface area contributed by atoms with Crippen molar-refractivity contribution in [2.75, 3.05) is 0 Å². The Bertz CT molecular complexity index is 293. The number of carbonyl (C=O) groups is 1. The van der Waals surface area contributed by atoms with Crippen LogP contribution in [0.25, 0.3) is 0 Å². The lowest BCUT2D eigenvalue weighted by Gasteiger charge is -2.49. The second-order valence-electron chi connectivity index (χ2n) is 6.11. The number of hydrogen-bond acceptors (Lipinski definition) is 2. The highest BCUT2D eigenvalue weighted by atomic mass is 16.5. The zero-order chi connectivity index (χ0) is 13.2. The van der Waals surface area contributed by atoms with E-state index in [1.54, 1.807) is 0 Å². The first kappa shape index (κ1) is 14.0. The summed E-state index contributed by atoms with van der Waals surface area (Å²) >= 11 is 0. The molecule has 0 bridgehead atoms. The van der Waals surface area contributed by atoms with Crippen LogP contribution in [0.2, 0.25) is 0 Å². The first-order valence-corrected chi connectivity index (χ1v) is 7.86. The largest absolute Gasteiger partial charge is 0.373 e. The van der Waals surface area contributed by atoms with Gasteiger partial charge in [0.1, 0.15) is 5.78 Å². The van der Waals surface area contributed by atoms with E-state index in [-0.39, 0.29) is 11.5 Å². The van der Waals surface area contributed by atoms with Gasteiger partial charge in [0.2, 0.25) is 0 Å². The summed E-state index contributed by atoms with van der Waals surface area (Å²) in [6.07, 6.45) is 9.55. The molecule has 0 saturated heterocycles. The molecule has 3 atom stereocenters. The molecular weight excluding hydrogens is 224 g/mol. The third-order valence-corrected chi connectivity index (χ3v) is 5.51. The summed E-state index contributed by atoms with van der Waals surface area (Å²) in [5.41, 5.74) is -0.143. The van der Waals surface area contributed by atoms with E-state index in [4.69, 9.17) is 4.74 Å². The first-order valence-electron chi connectivity index (χ1n) is 7.86. The van der Waals surface area contributed by atoms with E-state index in [9.17, 15) is 4.79 Å². The van der Waals surface area contributed by atoms with Gasteiger partial charge in [-0.15, -0.1) is 0 Å². The second kappa shape index (κ2) is 5.73. The summed E-state index contributed by atoms with van der Waals surface area (Å²) in [6.45, 7) is 6.54. The van der Waals surface area contributed by atoms with Crippen molar-refractivity contribution in [3.05, 3.63) is 0 Å². The van der Waals surface area contributed by atoms with Crippen LogP contribution >= 0.6 is 0 Å². The lowest BCUT2D eigenvalue weighted by Crippen LogP contribution is -2.56. The molecule has 0 amide bonds. The summed E-state index contributed by atoms with van der Waals surface area (Å²) in [5, 5.41) is 0. The molecule has 2 aliphatic carbocycles. The Labute approximate surface area is 111 Å². The number of hydrogen-bond donors (Lipinski definition) is 0. The van der Waals surface area contributed by atoms with Crippen LogP contribution in [0.1, 0.15) is 72.1 Å². The van der Waals surface area contributed by atoms with Crippen LogP contribution in [0.3, 0.4) is 0 Å². The van der Waals surface area contributed by atoms with Gasteiger partial charge in [-0.05, 0) is 31.6 Å². The molecule has 2 nitrogen and oxygen atoms in total. The van der Waals surface area contributed by atoms with Gasteiger partial charge in [-0.2, -0.15) is 0 Å². The average molecular weight is 252 g/mol. The lowest BCUT2D eigenvalue weighted by molar-refractivity contribution is -0.181. The molecule has 0 aromatic carbocycles. The molecule has 0 aliphatic heterocycles. The van der Waals surface area contributed by atoms with Crippen molar-refractivity contribution in [1.82, 2.24) is 0 Å². The van der Waals surface area contributed by atoms with E-state index in [1.165, 1.54) is 32.1 Å². The quantitative estimate of drug-likeness (QED) is 0.735. The van der Waals surface area contributed by atoms with Crippen molar-refractivity contribution < 1.29 is 9.53 Å². The highest BCUT2D eigenvalue weighted by Crippen LogP contribution is 2.47. The minimum atomic E-state index is -0.143. The highest BCUT2D eigenvalue weighted by Gasteiger charge is 2.53. The van der Waals surface area contributed by atoms with E-state index in [0.717, 1.165) is 18.8 Å². The van der Waals surface area contributed by atoms with Gasteiger partial charge in [-0.3, -0.25) is 4.79 Å². The molecule has 2 heteroatoms. The Morgan fingerprint density at radius 2 is 1.83 bits per heavy atom. The monoisotopic (exact) mass is 252 g/mol. The fraction of sp³-hybridized carbons (Fsp3) is 0.938. The summed E-state index contributed by atoms with van der Waals surface area (Å²) in [5.74, 6) is 1.15. The van der Waals surface area contributed by atoms with Crippen LogP contribution < -0.4 is 0 Å². The van der Waals surface area contributed by atoms with Crippen molar-refractivity contribution in [2.24, 2.45) is 11.3 Å². The Morgan fingerprint density at radius 3 is 2.39 bits per heavy atom. The SMILES string of the molecule is CCC1CCCCC1OC1CC(=O)C1(CC)CC. The van der Waals surface area contributed by atoms with Crippen LogP contribution in [-0.4, -0.2) is 18.0 Å².